The second-order valence-corrected chi connectivity index (χ2v) is 5.98. The molecule has 0 spiro atoms. The first-order chi connectivity index (χ1) is 8.74. The normalized spacial score (nSPS) is 21.9. The zero-order valence-corrected chi connectivity index (χ0v) is 12.1. The number of hydrogen-bond acceptors (Lipinski definition) is 2. The van der Waals surface area contributed by atoms with Crippen molar-refractivity contribution in [3.05, 3.63) is 23.3 Å². The lowest BCUT2D eigenvalue weighted by Crippen LogP contribution is -2.37. The van der Waals surface area contributed by atoms with E-state index in [1.54, 1.807) is 5.57 Å². The smallest absolute Gasteiger partial charge is 0.0193 e. The van der Waals surface area contributed by atoms with Crippen LogP contribution in [0, 0.1) is 0 Å². The van der Waals surface area contributed by atoms with Gasteiger partial charge in [0, 0.05) is 19.6 Å². The molecule has 0 aromatic carbocycles. The van der Waals surface area contributed by atoms with Crippen LogP contribution in [0.4, 0.5) is 0 Å². The SMILES string of the molecule is CC1=CC=C(CN(C)CCN2CCCCC2)CC1. The van der Waals surface area contributed by atoms with E-state index in [1.807, 2.05) is 0 Å². The summed E-state index contributed by atoms with van der Waals surface area (Å²) in [5, 5.41) is 0. The van der Waals surface area contributed by atoms with Crippen molar-refractivity contribution < 1.29 is 0 Å². The maximum Gasteiger partial charge on any atom is 0.0193 e. The standard InChI is InChI=1S/C16H28N2/c1-15-6-8-16(9-7-15)14-17(2)12-13-18-10-4-3-5-11-18/h6,8H,3-5,7,9-14H2,1-2H3. The van der Waals surface area contributed by atoms with Gasteiger partial charge in [0.25, 0.3) is 0 Å². The maximum atomic E-state index is 2.62. The summed E-state index contributed by atoms with van der Waals surface area (Å²) in [5.74, 6) is 0. The number of likely N-dealkylation sites (N-methyl/N-ethyl adjacent to an activating group) is 1. The van der Waals surface area contributed by atoms with Crippen LogP contribution >= 0.6 is 0 Å². The molecule has 0 amide bonds. The van der Waals surface area contributed by atoms with Crippen LogP contribution in [0.25, 0.3) is 0 Å². The van der Waals surface area contributed by atoms with Crippen molar-refractivity contribution in [2.75, 3.05) is 39.8 Å². The van der Waals surface area contributed by atoms with Crippen molar-refractivity contribution in [2.24, 2.45) is 0 Å². The fourth-order valence-corrected chi connectivity index (χ4v) is 2.84. The number of likely N-dealkylation sites (tertiary alicyclic amines) is 1. The van der Waals surface area contributed by atoms with Gasteiger partial charge in [-0.3, -0.25) is 0 Å². The van der Waals surface area contributed by atoms with Crippen LogP contribution in [0.3, 0.4) is 0 Å². The van der Waals surface area contributed by atoms with Gasteiger partial charge >= 0.3 is 0 Å². The third-order valence-corrected chi connectivity index (χ3v) is 4.16. The molecule has 0 radical (unpaired) electrons. The Hall–Kier alpha value is -0.600. The molecule has 102 valence electrons. The molecule has 0 N–H and O–H groups in total. The van der Waals surface area contributed by atoms with Gasteiger partial charge in [0.2, 0.25) is 0 Å². The molecule has 2 nitrogen and oxygen atoms in total. The summed E-state index contributed by atoms with van der Waals surface area (Å²) in [6.45, 7) is 8.47. The number of rotatable bonds is 5. The van der Waals surface area contributed by atoms with E-state index >= 15 is 0 Å². The van der Waals surface area contributed by atoms with Crippen molar-refractivity contribution >= 4 is 0 Å². The lowest BCUT2D eigenvalue weighted by molar-refractivity contribution is 0.200. The highest BCUT2D eigenvalue weighted by Gasteiger charge is 2.11. The average Bonchev–Trinajstić information content (AvgIpc) is 2.40. The topological polar surface area (TPSA) is 6.48 Å². The molecule has 0 aromatic heterocycles. The first kappa shape index (κ1) is 13.8. The molecule has 0 unspecified atom stereocenters. The molecule has 1 aliphatic heterocycles. The lowest BCUT2D eigenvalue weighted by Gasteiger charge is -2.29. The Morgan fingerprint density at radius 1 is 1.11 bits per heavy atom. The van der Waals surface area contributed by atoms with Gasteiger partial charge in [-0.2, -0.15) is 0 Å². The van der Waals surface area contributed by atoms with E-state index in [2.05, 4.69) is 35.9 Å². The molecule has 0 saturated carbocycles. The first-order valence-electron chi connectivity index (χ1n) is 7.50. The number of allylic oxidation sites excluding steroid dienone is 3. The second kappa shape index (κ2) is 7.10. The van der Waals surface area contributed by atoms with Gasteiger partial charge in [0.05, 0.1) is 0 Å². The molecule has 0 aromatic rings. The Labute approximate surface area is 112 Å². The van der Waals surface area contributed by atoms with Crippen molar-refractivity contribution in [3.63, 3.8) is 0 Å². The van der Waals surface area contributed by atoms with Crippen LogP contribution in [0.2, 0.25) is 0 Å². The summed E-state index contributed by atoms with van der Waals surface area (Å²) in [6.07, 6.45) is 11.4. The van der Waals surface area contributed by atoms with E-state index in [1.165, 1.54) is 63.9 Å². The van der Waals surface area contributed by atoms with Crippen LogP contribution in [0.15, 0.2) is 23.3 Å². The summed E-state index contributed by atoms with van der Waals surface area (Å²) < 4.78 is 0. The van der Waals surface area contributed by atoms with Gasteiger partial charge in [-0.05, 0) is 52.7 Å². The van der Waals surface area contributed by atoms with Gasteiger partial charge in [0.15, 0.2) is 0 Å². The molecule has 2 heteroatoms. The average molecular weight is 248 g/mol. The van der Waals surface area contributed by atoms with Crippen LogP contribution in [0.1, 0.15) is 39.0 Å². The van der Waals surface area contributed by atoms with E-state index in [4.69, 9.17) is 0 Å². The minimum absolute atomic E-state index is 1.15. The molecule has 0 bridgehead atoms. The number of nitrogens with zero attached hydrogens (tertiary/aromatic N) is 2. The van der Waals surface area contributed by atoms with Crippen molar-refractivity contribution in [3.8, 4) is 0 Å². The highest BCUT2D eigenvalue weighted by molar-refractivity contribution is 5.23. The van der Waals surface area contributed by atoms with Crippen LogP contribution in [-0.4, -0.2) is 49.6 Å². The van der Waals surface area contributed by atoms with Crippen molar-refractivity contribution in [1.29, 1.82) is 0 Å². The third-order valence-electron chi connectivity index (χ3n) is 4.16. The molecule has 2 aliphatic rings. The fourth-order valence-electron chi connectivity index (χ4n) is 2.84. The predicted molar refractivity (Wildman–Crippen MR) is 78.9 cm³/mol. The first-order valence-corrected chi connectivity index (χ1v) is 7.50. The van der Waals surface area contributed by atoms with Crippen LogP contribution in [-0.2, 0) is 0 Å². The van der Waals surface area contributed by atoms with Crippen LogP contribution in [0.5, 0.6) is 0 Å². The molecular formula is C16H28N2. The minimum Gasteiger partial charge on any atom is -0.302 e. The zero-order valence-electron chi connectivity index (χ0n) is 12.1. The van der Waals surface area contributed by atoms with Gasteiger partial charge in [0.1, 0.15) is 0 Å². The van der Waals surface area contributed by atoms with E-state index in [0.717, 1.165) is 6.54 Å². The zero-order chi connectivity index (χ0) is 12.8. The quantitative estimate of drug-likeness (QED) is 0.738. The molecule has 18 heavy (non-hydrogen) atoms. The van der Waals surface area contributed by atoms with Gasteiger partial charge in [-0.1, -0.05) is 29.7 Å². The van der Waals surface area contributed by atoms with E-state index in [9.17, 15) is 0 Å². The van der Waals surface area contributed by atoms with Gasteiger partial charge in [-0.25, -0.2) is 0 Å². The minimum atomic E-state index is 1.15. The van der Waals surface area contributed by atoms with Crippen molar-refractivity contribution in [1.82, 2.24) is 9.80 Å². The highest BCUT2D eigenvalue weighted by Crippen LogP contribution is 2.18. The second-order valence-electron chi connectivity index (χ2n) is 5.98. The van der Waals surface area contributed by atoms with Crippen LogP contribution < -0.4 is 0 Å². The molecule has 1 saturated heterocycles. The number of hydrogen-bond donors (Lipinski definition) is 0. The Bertz CT molecular complexity index is 311. The highest BCUT2D eigenvalue weighted by atomic mass is 15.2. The third kappa shape index (κ3) is 4.58. The summed E-state index contributed by atoms with van der Waals surface area (Å²) in [7, 11) is 2.26. The summed E-state index contributed by atoms with van der Waals surface area (Å²) in [4.78, 5) is 5.11. The van der Waals surface area contributed by atoms with Gasteiger partial charge < -0.3 is 9.80 Å². The molecule has 0 atom stereocenters. The predicted octanol–water partition coefficient (Wildman–Crippen LogP) is 3.07. The van der Waals surface area contributed by atoms with Crippen molar-refractivity contribution in [2.45, 2.75) is 39.0 Å². The molecular weight excluding hydrogens is 220 g/mol. The molecule has 1 heterocycles. The molecule has 1 fully saturated rings. The fraction of sp³-hybridized carbons (Fsp3) is 0.750. The molecule has 1 aliphatic carbocycles. The summed E-state index contributed by atoms with van der Waals surface area (Å²) in [5.41, 5.74) is 3.12. The van der Waals surface area contributed by atoms with E-state index < -0.39 is 0 Å². The Balaban J connectivity index is 1.67. The van der Waals surface area contributed by atoms with E-state index in [0.29, 0.717) is 0 Å². The summed E-state index contributed by atoms with van der Waals surface area (Å²) in [6, 6.07) is 0. The Morgan fingerprint density at radius 2 is 1.89 bits per heavy atom. The summed E-state index contributed by atoms with van der Waals surface area (Å²) >= 11 is 0. The maximum absolute atomic E-state index is 2.62. The Morgan fingerprint density at radius 3 is 2.56 bits per heavy atom. The number of piperidine rings is 1. The molecule has 2 rings (SSSR count). The van der Waals surface area contributed by atoms with E-state index in [-0.39, 0.29) is 0 Å². The van der Waals surface area contributed by atoms with Gasteiger partial charge in [-0.15, -0.1) is 0 Å². The lowest BCUT2D eigenvalue weighted by atomic mass is 9.99. The Kier molecular flexibility index (Phi) is 5.45. The monoisotopic (exact) mass is 248 g/mol. The largest absolute Gasteiger partial charge is 0.302 e.